The maximum absolute atomic E-state index is 12.5. The topological polar surface area (TPSA) is 58.6 Å². The molecule has 0 saturated carbocycles. The second kappa shape index (κ2) is 6.52. The molecule has 0 spiro atoms. The number of esters is 1. The monoisotopic (exact) mass is 310 g/mol. The fraction of sp³-hybridized carbons (Fsp3) is 0.222. The van der Waals surface area contributed by atoms with E-state index in [1.54, 1.807) is 29.2 Å². The van der Waals surface area contributed by atoms with Crippen LogP contribution < -0.4 is 10.2 Å². The molecular formula is C18H18N2O3. The lowest BCUT2D eigenvalue weighted by atomic mass is 10.2. The average Bonchev–Trinajstić information content (AvgIpc) is 2.96. The van der Waals surface area contributed by atoms with E-state index < -0.39 is 0 Å². The van der Waals surface area contributed by atoms with Crippen molar-refractivity contribution in [2.75, 3.05) is 23.9 Å². The fourth-order valence-electron chi connectivity index (χ4n) is 2.70. The van der Waals surface area contributed by atoms with Crippen LogP contribution in [-0.4, -0.2) is 31.6 Å². The molecule has 5 nitrogen and oxygen atoms in total. The summed E-state index contributed by atoms with van der Waals surface area (Å²) >= 11 is 0. The van der Waals surface area contributed by atoms with E-state index >= 15 is 0 Å². The maximum atomic E-state index is 12.5. The molecule has 5 heteroatoms. The standard InChI is InChI=1S/C18H18N2O3/c1-23-18(22)13-7-9-14(10-8-13)19-16-11-12-20(17(16)21)15-5-3-2-4-6-15/h2-10,16,19H,11-12H2,1H3. The van der Waals surface area contributed by atoms with Gasteiger partial charge in [-0.2, -0.15) is 0 Å². The number of nitrogens with one attached hydrogen (secondary N) is 1. The highest BCUT2D eigenvalue weighted by Gasteiger charge is 2.32. The lowest BCUT2D eigenvalue weighted by Gasteiger charge is -2.17. The van der Waals surface area contributed by atoms with E-state index in [-0.39, 0.29) is 17.9 Å². The minimum atomic E-state index is -0.372. The number of hydrogen-bond donors (Lipinski definition) is 1. The van der Waals surface area contributed by atoms with Crippen molar-refractivity contribution in [1.82, 2.24) is 0 Å². The predicted octanol–water partition coefficient (Wildman–Crippen LogP) is 2.69. The Hall–Kier alpha value is -2.82. The van der Waals surface area contributed by atoms with Gasteiger partial charge >= 0.3 is 5.97 Å². The van der Waals surface area contributed by atoms with Crippen molar-refractivity contribution >= 4 is 23.3 Å². The van der Waals surface area contributed by atoms with Crippen LogP contribution in [0.2, 0.25) is 0 Å². The SMILES string of the molecule is COC(=O)c1ccc(NC2CCN(c3ccccc3)C2=O)cc1. The third kappa shape index (κ3) is 3.18. The molecule has 2 aromatic carbocycles. The number of benzene rings is 2. The number of carbonyl (C=O) groups excluding carboxylic acids is 2. The Morgan fingerprint density at radius 2 is 1.83 bits per heavy atom. The highest BCUT2D eigenvalue weighted by atomic mass is 16.5. The Labute approximate surface area is 134 Å². The fourth-order valence-corrected chi connectivity index (χ4v) is 2.70. The largest absolute Gasteiger partial charge is 0.465 e. The summed E-state index contributed by atoms with van der Waals surface area (Å²) in [5, 5.41) is 3.23. The van der Waals surface area contributed by atoms with Crippen LogP contribution in [0.15, 0.2) is 54.6 Å². The Balaban J connectivity index is 1.67. The molecule has 0 bridgehead atoms. The molecule has 23 heavy (non-hydrogen) atoms. The van der Waals surface area contributed by atoms with Crippen molar-refractivity contribution in [2.24, 2.45) is 0 Å². The van der Waals surface area contributed by atoms with E-state index in [0.717, 1.165) is 17.8 Å². The first kappa shape index (κ1) is 15.1. The minimum absolute atomic E-state index is 0.0632. The highest BCUT2D eigenvalue weighted by molar-refractivity contribution is 6.01. The van der Waals surface area contributed by atoms with Gasteiger partial charge in [0, 0.05) is 17.9 Å². The zero-order valence-electron chi connectivity index (χ0n) is 12.9. The van der Waals surface area contributed by atoms with Crippen molar-refractivity contribution in [3.63, 3.8) is 0 Å². The van der Waals surface area contributed by atoms with Gasteiger partial charge in [0.15, 0.2) is 0 Å². The molecule has 1 aliphatic heterocycles. The van der Waals surface area contributed by atoms with Crippen LogP contribution in [0.4, 0.5) is 11.4 Å². The molecule has 1 unspecified atom stereocenters. The van der Waals surface area contributed by atoms with E-state index in [9.17, 15) is 9.59 Å². The number of ether oxygens (including phenoxy) is 1. The number of para-hydroxylation sites is 1. The van der Waals surface area contributed by atoms with Crippen LogP contribution in [-0.2, 0) is 9.53 Å². The van der Waals surface area contributed by atoms with Crippen molar-refractivity contribution in [3.05, 3.63) is 60.2 Å². The number of anilines is 2. The van der Waals surface area contributed by atoms with Gasteiger partial charge < -0.3 is 15.0 Å². The summed E-state index contributed by atoms with van der Waals surface area (Å²) in [6.45, 7) is 0.695. The van der Waals surface area contributed by atoms with Gasteiger partial charge in [-0.15, -0.1) is 0 Å². The maximum Gasteiger partial charge on any atom is 0.337 e. The van der Waals surface area contributed by atoms with E-state index in [1.165, 1.54) is 7.11 Å². The van der Waals surface area contributed by atoms with Crippen LogP contribution in [0.3, 0.4) is 0 Å². The molecule has 0 aliphatic carbocycles. The number of nitrogens with zero attached hydrogens (tertiary/aromatic N) is 1. The van der Waals surface area contributed by atoms with Gasteiger partial charge in [-0.1, -0.05) is 18.2 Å². The molecule has 0 aromatic heterocycles. The van der Waals surface area contributed by atoms with Crippen molar-refractivity contribution < 1.29 is 14.3 Å². The van der Waals surface area contributed by atoms with Gasteiger partial charge in [0.1, 0.15) is 6.04 Å². The van der Waals surface area contributed by atoms with Gasteiger partial charge in [-0.3, -0.25) is 4.79 Å². The summed E-state index contributed by atoms with van der Waals surface area (Å²) in [7, 11) is 1.35. The Morgan fingerprint density at radius 3 is 2.48 bits per heavy atom. The Morgan fingerprint density at radius 1 is 1.13 bits per heavy atom. The van der Waals surface area contributed by atoms with Gasteiger partial charge in [0.25, 0.3) is 0 Å². The van der Waals surface area contributed by atoms with E-state index in [4.69, 9.17) is 0 Å². The van der Waals surface area contributed by atoms with Crippen molar-refractivity contribution in [1.29, 1.82) is 0 Å². The summed E-state index contributed by atoms with van der Waals surface area (Å²) in [5.41, 5.74) is 2.22. The summed E-state index contributed by atoms with van der Waals surface area (Å²) < 4.78 is 4.67. The number of rotatable bonds is 4. The number of carbonyl (C=O) groups is 2. The minimum Gasteiger partial charge on any atom is -0.465 e. The first-order valence-corrected chi connectivity index (χ1v) is 7.50. The molecule has 1 heterocycles. The highest BCUT2D eigenvalue weighted by Crippen LogP contribution is 2.23. The molecule has 1 atom stereocenters. The molecule has 0 radical (unpaired) electrons. The van der Waals surface area contributed by atoms with Crippen molar-refractivity contribution in [3.8, 4) is 0 Å². The first-order valence-electron chi connectivity index (χ1n) is 7.50. The van der Waals surface area contributed by atoms with Crippen LogP contribution >= 0.6 is 0 Å². The molecule has 1 amide bonds. The third-order valence-corrected chi connectivity index (χ3v) is 3.92. The van der Waals surface area contributed by atoms with Crippen LogP contribution in [0.25, 0.3) is 0 Å². The zero-order chi connectivity index (χ0) is 16.2. The van der Waals surface area contributed by atoms with Gasteiger partial charge in [-0.05, 0) is 42.8 Å². The van der Waals surface area contributed by atoms with E-state index in [2.05, 4.69) is 10.1 Å². The Kier molecular flexibility index (Phi) is 4.28. The summed E-state index contributed by atoms with van der Waals surface area (Å²) in [6, 6.07) is 16.3. The molecule has 1 aliphatic rings. The smallest absolute Gasteiger partial charge is 0.337 e. The normalized spacial score (nSPS) is 17.2. The van der Waals surface area contributed by atoms with E-state index in [0.29, 0.717) is 12.1 Å². The zero-order valence-corrected chi connectivity index (χ0v) is 12.9. The second-order valence-corrected chi connectivity index (χ2v) is 5.38. The Bertz CT molecular complexity index is 698. The molecule has 3 rings (SSSR count). The summed E-state index contributed by atoms with van der Waals surface area (Å²) in [4.78, 5) is 25.7. The average molecular weight is 310 g/mol. The predicted molar refractivity (Wildman–Crippen MR) is 88.6 cm³/mol. The number of methoxy groups -OCH3 is 1. The molecule has 2 aromatic rings. The lowest BCUT2D eigenvalue weighted by Crippen LogP contribution is -2.33. The number of hydrogen-bond acceptors (Lipinski definition) is 4. The van der Waals surface area contributed by atoms with Gasteiger partial charge in [-0.25, -0.2) is 4.79 Å². The van der Waals surface area contributed by atoms with Crippen molar-refractivity contribution in [2.45, 2.75) is 12.5 Å². The summed E-state index contributed by atoms with van der Waals surface area (Å²) in [6.07, 6.45) is 0.743. The number of amides is 1. The van der Waals surface area contributed by atoms with Crippen LogP contribution in [0, 0.1) is 0 Å². The first-order chi connectivity index (χ1) is 11.2. The van der Waals surface area contributed by atoms with Gasteiger partial charge in [0.2, 0.25) is 5.91 Å². The second-order valence-electron chi connectivity index (χ2n) is 5.38. The van der Waals surface area contributed by atoms with Gasteiger partial charge in [0.05, 0.1) is 12.7 Å². The van der Waals surface area contributed by atoms with Crippen LogP contribution in [0.1, 0.15) is 16.8 Å². The molecular weight excluding hydrogens is 292 g/mol. The molecule has 1 N–H and O–H groups in total. The third-order valence-electron chi connectivity index (χ3n) is 3.92. The van der Waals surface area contributed by atoms with Crippen LogP contribution in [0.5, 0.6) is 0 Å². The molecule has 118 valence electrons. The molecule has 1 fully saturated rings. The van der Waals surface area contributed by atoms with E-state index in [1.807, 2.05) is 30.3 Å². The quantitative estimate of drug-likeness (QED) is 0.882. The lowest BCUT2D eigenvalue weighted by molar-refractivity contribution is -0.117. The molecule has 1 saturated heterocycles. The summed E-state index contributed by atoms with van der Waals surface area (Å²) in [5.74, 6) is -0.308.